The lowest BCUT2D eigenvalue weighted by molar-refractivity contribution is 0.0920. The van der Waals surface area contributed by atoms with E-state index in [4.69, 9.17) is 0 Å². The Morgan fingerprint density at radius 2 is 2.24 bits per heavy atom. The molecule has 2 aromatic rings. The van der Waals surface area contributed by atoms with Gasteiger partial charge in [-0.15, -0.1) is 0 Å². The van der Waals surface area contributed by atoms with Gasteiger partial charge in [-0.2, -0.15) is 5.10 Å². The van der Waals surface area contributed by atoms with Crippen molar-refractivity contribution in [3.63, 3.8) is 0 Å². The molecule has 1 aromatic carbocycles. The summed E-state index contributed by atoms with van der Waals surface area (Å²) in [5.74, 6) is 0.0328. The number of benzene rings is 1. The lowest BCUT2D eigenvalue weighted by Gasteiger charge is -2.14. The van der Waals surface area contributed by atoms with E-state index in [0.29, 0.717) is 18.5 Å². The predicted molar refractivity (Wildman–Crippen MR) is 79.2 cm³/mol. The smallest absolute Gasteiger partial charge is 0.251 e. The molecule has 0 fully saturated rings. The number of aliphatic hydroxyl groups is 1. The zero-order valence-corrected chi connectivity index (χ0v) is 12.2. The zero-order valence-electron chi connectivity index (χ0n) is 12.2. The van der Waals surface area contributed by atoms with Crippen LogP contribution in [0.4, 0.5) is 0 Å². The number of rotatable bonds is 6. The van der Waals surface area contributed by atoms with Crippen LogP contribution in [0.3, 0.4) is 0 Å². The van der Waals surface area contributed by atoms with Crippen molar-refractivity contribution in [1.82, 2.24) is 20.1 Å². The van der Waals surface area contributed by atoms with Crippen LogP contribution in [0.15, 0.2) is 36.9 Å². The molecule has 0 saturated carbocycles. The summed E-state index contributed by atoms with van der Waals surface area (Å²) >= 11 is 0. The van der Waals surface area contributed by atoms with Crippen LogP contribution in [0, 0.1) is 5.92 Å². The van der Waals surface area contributed by atoms with Crippen LogP contribution in [0.5, 0.6) is 0 Å². The van der Waals surface area contributed by atoms with Gasteiger partial charge in [0, 0.05) is 12.1 Å². The Labute approximate surface area is 123 Å². The number of carbonyl (C=O) groups excluding carboxylic acids is 1. The van der Waals surface area contributed by atoms with E-state index in [1.807, 2.05) is 19.9 Å². The highest BCUT2D eigenvalue weighted by molar-refractivity contribution is 5.94. The second-order valence-corrected chi connectivity index (χ2v) is 5.25. The molecule has 21 heavy (non-hydrogen) atoms. The van der Waals surface area contributed by atoms with Crippen molar-refractivity contribution < 1.29 is 9.90 Å². The second-order valence-electron chi connectivity index (χ2n) is 5.25. The fourth-order valence-corrected chi connectivity index (χ4v) is 1.90. The highest BCUT2D eigenvalue weighted by Gasteiger charge is 2.11. The van der Waals surface area contributed by atoms with Gasteiger partial charge in [-0.05, 0) is 30.5 Å². The van der Waals surface area contributed by atoms with Crippen molar-refractivity contribution >= 4 is 5.91 Å². The molecule has 0 aliphatic heterocycles. The molecule has 2 rings (SSSR count). The predicted octanol–water partition coefficient (Wildman–Crippen LogP) is 1.40. The van der Waals surface area contributed by atoms with E-state index in [9.17, 15) is 9.90 Å². The van der Waals surface area contributed by atoms with E-state index in [-0.39, 0.29) is 11.8 Å². The lowest BCUT2D eigenvalue weighted by atomic mass is 10.0. The Hall–Kier alpha value is -2.21. The van der Waals surface area contributed by atoms with Gasteiger partial charge < -0.3 is 10.4 Å². The fourth-order valence-electron chi connectivity index (χ4n) is 1.90. The average molecular weight is 288 g/mol. The monoisotopic (exact) mass is 288 g/mol. The van der Waals surface area contributed by atoms with Crippen LogP contribution in [0.1, 0.15) is 30.6 Å². The maximum atomic E-state index is 12.1. The van der Waals surface area contributed by atoms with Crippen molar-refractivity contribution in [3.05, 3.63) is 42.5 Å². The van der Waals surface area contributed by atoms with Gasteiger partial charge in [0.05, 0.1) is 11.8 Å². The number of carbonyl (C=O) groups is 1. The molecular formula is C15H20N4O2. The summed E-state index contributed by atoms with van der Waals surface area (Å²) in [7, 11) is 0. The third-order valence-corrected chi connectivity index (χ3v) is 3.29. The minimum Gasteiger partial charge on any atom is -0.393 e. The molecule has 2 N–H and O–H groups in total. The van der Waals surface area contributed by atoms with Crippen LogP contribution < -0.4 is 5.32 Å². The second kappa shape index (κ2) is 6.99. The minimum atomic E-state index is -0.396. The molecular weight excluding hydrogens is 268 g/mol. The number of amides is 1. The first-order valence-electron chi connectivity index (χ1n) is 6.99. The van der Waals surface area contributed by atoms with Gasteiger partial charge in [0.2, 0.25) is 0 Å². The van der Waals surface area contributed by atoms with Crippen LogP contribution >= 0.6 is 0 Å². The van der Waals surface area contributed by atoms with Gasteiger partial charge in [-0.1, -0.05) is 19.9 Å². The van der Waals surface area contributed by atoms with Gasteiger partial charge in [0.1, 0.15) is 12.7 Å². The number of hydrogen-bond donors (Lipinski definition) is 2. The lowest BCUT2D eigenvalue weighted by Crippen LogP contribution is -2.28. The molecule has 0 saturated heterocycles. The van der Waals surface area contributed by atoms with Crippen LogP contribution in [0.25, 0.3) is 5.69 Å². The summed E-state index contributed by atoms with van der Waals surface area (Å²) in [4.78, 5) is 16.0. The molecule has 0 aliphatic carbocycles. The van der Waals surface area contributed by atoms with E-state index in [1.54, 1.807) is 29.2 Å². The molecule has 0 spiro atoms. The SMILES string of the molecule is CC(C)C(O)CCNC(=O)c1cccc(-n2cncn2)c1. The molecule has 6 heteroatoms. The van der Waals surface area contributed by atoms with Crippen LogP contribution in [0.2, 0.25) is 0 Å². The normalized spacial score (nSPS) is 12.4. The molecule has 6 nitrogen and oxygen atoms in total. The highest BCUT2D eigenvalue weighted by Crippen LogP contribution is 2.09. The Morgan fingerprint density at radius 3 is 2.90 bits per heavy atom. The molecule has 112 valence electrons. The number of nitrogens with one attached hydrogen (secondary N) is 1. The summed E-state index contributed by atoms with van der Waals surface area (Å²) in [6, 6.07) is 7.15. The maximum absolute atomic E-state index is 12.1. The largest absolute Gasteiger partial charge is 0.393 e. The van der Waals surface area contributed by atoms with E-state index in [1.165, 1.54) is 6.33 Å². The average Bonchev–Trinajstić information content (AvgIpc) is 3.01. The van der Waals surface area contributed by atoms with Gasteiger partial charge >= 0.3 is 0 Å². The fraction of sp³-hybridized carbons (Fsp3) is 0.400. The van der Waals surface area contributed by atoms with E-state index >= 15 is 0 Å². The number of nitrogens with zero attached hydrogens (tertiary/aromatic N) is 3. The van der Waals surface area contributed by atoms with Gasteiger partial charge in [-0.3, -0.25) is 4.79 Å². The minimum absolute atomic E-state index is 0.159. The molecule has 0 bridgehead atoms. The first-order chi connectivity index (χ1) is 10.1. The quantitative estimate of drug-likeness (QED) is 0.842. The number of hydrogen-bond acceptors (Lipinski definition) is 4. The van der Waals surface area contributed by atoms with Crippen molar-refractivity contribution in [2.75, 3.05) is 6.54 Å². The summed E-state index contributed by atoms with van der Waals surface area (Å²) in [6.07, 6.45) is 3.18. The molecule has 1 heterocycles. The van der Waals surface area contributed by atoms with Crippen LogP contribution in [-0.4, -0.2) is 38.4 Å². The van der Waals surface area contributed by atoms with Gasteiger partial charge in [0.15, 0.2) is 0 Å². The Bertz CT molecular complexity index is 581. The third kappa shape index (κ3) is 4.13. The molecule has 0 radical (unpaired) electrons. The highest BCUT2D eigenvalue weighted by atomic mass is 16.3. The zero-order chi connectivity index (χ0) is 15.2. The summed E-state index contributed by atoms with van der Waals surface area (Å²) in [5.41, 5.74) is 1.34. The van der Waals surface area contributed by atoms with Crippen molar-refractivity contribution in [2.45, 2.75) is 26.4 Å². The van der Waals surface area contributed by atoms with Gasteiger partial charge in [0.25, 0.3) is 5.91 Å². The molecule has 1 aromatic heterocycles. The van der Waals surface area contributed by atoms with Crippen LogP contribution in [-0.2, 0) is 0 Å². The Morgan fingerprint density at radius 1 is 1.43 bits per heavy atom. The first-order valence-corrected chi connectivity index (χ1v) is 6.99. The molecule has 1 amide bonds. The number of aromatic nitrogens is 3. The summed E-state index contributed by atoms with van der Waals surface area (Å²) < 4.78 is 1.60. The first kappa shape index (κ1) is 15.2. The maximum Gasteiger partial charge on any atom is 0.251 e. The summed E-state index contributed by atoms with van der Waals surface area (Å²) in [6.45, 7) is 4.36. The van der Waals surface area contributed by atoms with E-state index in [0.717, 1.165) is 5.69 Å². The third-order valence-electron chi connectivity index (χ3n) is 3.29. The van der Waals surface area contributed by atoms with Crippen molar-refractivity contribution in [3.8, 4) is 5.69 Å². The Kier molecular flexibility index (Phi) is 5.05. The van der Waals surface area contributed by atoms with E-state index in [2.05, 4.69) is 15.4 Å². The molecule has 1 unspecified atom stereocenters. The van der Waals surface area contributed by atoms with Crippen molar-refractivity contribution in [1.29, 1.82) is 0 Å². The van der Waals surface area contributed by atoms with Gasteiger partial charge in [-0.25, -0.2) is 9.67 Å². The topological polar surface area (TPSA) is 80.0 Å². The molecule has 0 aliphatic rings. The van der Waals surface area contributed by atoms with Crippen molar-refractivity contribution in [2.24, 2.45) is 5.92 Å². The number of aliphatic hydroxyl groups excluding tert-OH is 1. The molecule has 1 atom stereocenters. The Balaban J connectivity index is 1.95. The van der Waals surface area contributed by atoms with E-state index < -0.39 is 6.10 Å². The summed E-state index contributed by atoms with van der Waals surface area (Å²) in [5, 5.41) is 16.6. The standard InChI is InChI=1S/C15H20N4O2/c1-11(2)14(20)6-7-17-15(21)12-4-3-5-13(8-12)19-10-16-9-18-19/h3-5,8-11,14,20H,6-7H2,1-2H3,(H,17,21).